The molecule has 0 aliphatic heterocycles. The number of phosphoric acid groups is 1. The van der Waals surface area contributed by atoms with Crippen molar-refractivity contribution >= 4 is 7.82 Å². The summed E-state index contributed by atoms with van der Waals surface area (Å²) in [6, 6.07) is 0. The molecule has 0 heterocycles. The summed E-state index contributed by atoms with van der Waals surface area (Å²) in [6.07, 6.45) is 0.333. The number of hydrogen-bond donors (Lipinski definition) is 6. The van der Waals surface area contributed by atoms with Crippen molar-refractivity contribution in [2.75, 3.05) is 42.7 Å². The quantitative estimate of drug-likeness (QED) is 0.165. The number of methoxy groups -OCH3 is 6. The van der Waals surface area contributed by atoms with Crippen LogP contribution in [0, 0.1) is 0 Å². The fraction of sp³-hybridized carbons (Fsp3) is 1.00. The van der Waals surface area contributed by atoms with Crippen LogP contribution in [0.5, 0.6) is 0 Å². The third kappa shape index (κ3) is 43.6. The summed E-state index contributed by atoms with van der Waals surface area (Å²) in [6.45, 7) is 11.6. The molecule has 0 aromatic rings. The molecule has 32 heavy (non-hydrogen) atoms. The van der Waals surface area contributed by atoms with E-state index in [4.69, 9.17) is 47.7 Å². The number of hydrogen-bond acceptors (Lipinski definition) is 10. The van der Waals surface area contributed by atoms with E-state index in [1.807, 2.05) is 41.5 Å². The molecule has 0 aromatic heterocycles. The van der Waals surface area contributed by atoms with Gasteiger partial charge in [0.1, 0.15) is 37.4 Å². The van der Waals surface area contributed by atoms with E-state index in [9.17, 15) is 0 Å². The van der Waals surface area contributed by atoms with Crippen molar-refractivity contribution in [3.05, 3.63) is 0 Å². The van der Waals surface area contributed by atoms with Crippen LogP contribution in [0.2, 0.25) is 0 Å². The molecule has 6 unspecified atom stereocenters. The Labute approximate surface area is 193 Å². The van der Waals surface area contributed by atoms with Gasteiger partial charge < -0.3 is 43.1 Å². The average Bonchev–Trinajstić information content (AvgIpc) is 2.72. The molecule has 6 N–H and O–H groups in total. The second-order valence-electron chi connectivity index (χ2n) is 6.28. The Balaban J connectivity index is -0.000000167. The zero-order valence-electron chi connectivity index (χ0n) is 21.6. The summed E-state index contributed by atoms with van der Waals surface area (Å²) in [4.78, 5) is 21.6. The lowest BCUT2D eigenvalue weighted by atomic mass is 10.5. The average molecular weight is 498 g/mol. The predicted octanol–water partition coefficient (Wildman–Crippen LogP) is 0.754. The van der Waals surface area contributed by atoms with Crippen LogP contribution in [-0.2, 0) is 33.0 Å². The molecule has 0 rings (SSSR count). The molecule has 13 nitrogen and oxygen atoms in total. The summed E-state index contributed by atoms with van der Waals surface area (Å²) >= 11 is 0. The van der Waals surface area contributed by atoms with Gasteiger partial charge in [0.25, 0.3) is 0 Å². The molecule has 14 heteroatoms. The maximum absolute atomic E-state index is 8.88. The molecular formula is C18H48N3O10P. The second-order valence-corrected chi connectivity index (χ2v) is 7.31. The molecular weight excluding hydrogens is 449 g/mol. The van der Waals surface area contributed by atoms with E-state index in [0.29, 0.717) is 0 Å². The smallest absolute Gasteiger partial charge is 0.367 e. The normalized spacial score (nSPS) is 16.5. The number of nitrogens with one attached hydrogen (secondary N) is 3. The standard InChI is InChI=1S/3C6H15NO2.H3O4P/c3*1-5(8-3)7-6(2)9-4;1-5(2,3)4/h3*5-7H,1-4H3;(H3,1,2,3,4). The molecule has 0 bridgehead atoms. The summed E-state index contributed by atoms with van der Waals surface area (Å²) in [5.41, 5.74) is 0. The van der Waals surface area contributed by atoms with Gasteiger partial charge in [0.05, 0.1) is 0 Å². The van der Waals surface area contributed by atoms with Crippen LogP contribution >= 0.6 is 7.82 Å². The second kappa shape index (κ2) is 25.4. The van der Waals surface area contributed by atoms with Gasteiger partial charge >= 0.3 is 7.82 Å². The Morgan fingerprint density at radius 2 is 0.562 bits per heavy atom. The van der Waals surface area contributed by atoms with Crippen LogP contribution < -0.4 is 16.0 Å². The van der Waals surface area contributed by atoms with Crippen molar-refractivity contribution in [3.8, 4) is 0 Å². The third-order valence-electron chi connectivity index (χ3n) is 3.53. The zero-order chi connectivity index (χ0) is 26.3. The molecule has 0 saturated heterocycles. The molecule has 0 amide bonds. The highest BCUT2D eigenvalue weighted by Crippen LogP contribution is 2.25. The molecule has 6 atom stereocenters. The summed E-state index contributed by atoms with van der Waals surface area (Å²) in [7, 11) is 5.28. The minimum absolute atomic E-state index is 0.0555. The van der Waals surface area contributed by atoms with Crippen molar-refractivity contribution in [3.63, 3.8) is 0 Å². The highest BCUT2D eigenvalue weighted by molar-refractivity contribution is 7.45. The van der Waals surface area contributed by atoms with Gasteiger partial charge in [0, 0.05) is 42.7 Å². The fourth-order valence-corrected chi connectivity index (χ4v) is 1.40. The molecule has 0 aliphatic rings. The maximum Gasteiger partial charge on any atom is 0.466 e. The number of ether oxygens (including phenoxy) is 6. The predicted molar refractivity (Wildman–Crippen MR) is 122 cm³/mol. The van der Waals surface area contributed by atoms with Gasteiger partial charge in [-0.1, -0.05) is 0 Å². The van der Waals surface area contributed by atoms with Gasteiger partial charge in [0.2, 0.25) is 0 Å². The van der Waals surface area contributed by atoms with Crippen molar-refractivity contribution in [1.82, 2.24) is 16.0 Å². The largest absolute Gasteiger partial charge is 0.466 e. The lowest BCUT2D eigenvalue weighted by Crippen LogP contribution is -2.36. The van der Waals surface area contributed by atoms with Crippen LogP contribution in [0.1, 0.15) is 41.5 Å². The first-order chi connectivity index (χ1) is 14.6. The van der Waals surface area contributed by atoms with E-state index in [-0.39, 0.29) is 37.4 Å². The first kappa shape index (κ1) is 39.0. The van der Waals surface area contributed by atoms with Crippen molar-refractivity contribution in [2.24, 2.45) is 0 Å². The maximum atomic E-state index is 8.88. The Hall–Kier alpha value is -0.250. The summed E-state index contributed by atoms with van der Waals surface area (Å²) in [5.74, 6) is 0. The van der Waals surface area contributed by atoms with Crippen LogP contribution in [0.3, 0.4) is 0 Å². The first-order valence-electron chi connectivity index (χ1n) is 9.84. The van der Waals surface area contributed by atoms with Gasteiger partial charge in [-0.2, -0.15) is 0 Å². The molecule has 0 aromatic carbocycles. The third-order valence-corrected chi connectivity index (χ3v) is 3.53. The monoisotopic (exact) mass is 497 g/mol. The van der Waals surface area contributed by atoms with Gasteiger partial charge in [-0.3, -0.25) is 16.0 Å². The molecule has 0 saturated carbocycles. The Morgan fingerprint density at radius 3 is 0.625 bits per heavy atom. The molecule has 0 aliphatic carbocycles. The summed E-state index contributed by atoms with van der Waals surface area (Å²) in [5, 5.41) is 9.10. The number of rotatable bonds is 12. The van der Waals surface area contributed by atoms with E-state index in [0.717, 1.165) is 0 Å². The van der Waals surface area contributed by atoms with Crippen LogP contribution in [0.4, 0.5) is 0 Å². The van der Waals surface area contributed by atoms with E-state index in [1.165, 1.54) is 0 Å². The molecule has 0 radical (unpaired) electrons. The Morgan fingerprint density at radius 1 is 0.469 bits per heavy atom. The van der Waals surface area contributed by atoms with Crippen molar-refractivity contribution in [1.29, 1.82) is 0 Å². The molecule has 200 valence electrons. The van der Waals surface area contributed by atoms with E-state index in [1.54, 1.807) is 42.7 Å². The Bertz CT molecular complexity index is 345. The van der Waals surface area contributed by atoms with Crippen molar-refractivity contribution < 1.29 is 47.7 Å². The van der Waals surface area contributed by atoms with Crippen LogP contribution in [-0.4, -0.2) is 94.7 Å². The van der Waals surface area contributed by atoms with Gasteiger partial charge in [-0.25, -0.2) is 4.57 Å². The van der Waals surface area contributed by atoms with Crippen LogP contribution in [0.15, 0.2) is 0 Å². The van der Waals surface area contributed by atoms with E-state index < -0.39 is 7.82 Å². The summed E-state index contributed by atoms with van der Waals surface area (Å²) < 4.78 is 38.5. The lowest BCUT2D eigenvalue weighted by molar-refractivity contribution is 0.00757. The fourth-order valence-electron chi connectivity index (χ4n) is 1.40. The van der Waals surface area contributed by atoms with Gasteiger partial charge in [0.15, 0.2) is 0 Å². The van der Waals surface area contributed by atoms with Crippen molar-refractivity contribution in [2.45, 2.75) is 78.9 Å². The highest BCUT2D eigenvalue weighted by Gasteiger charge is 2.03. The lowest BCUT2D eigenvalue weighted by Gasteiger charge is -2.16. The van der Waals surface area contributed by atoms with Gasteiger partial charge in [-0.15, -0.1) is 0 Å². The van der Waals surface area contributed by atoms with E-state index >= 15 is 0 Å². The topological polar surface area (TPSA) is 169 Å². The first-order valence-corrected chi connectivity index (χ1v) is 11.4. The minimum Gasteiger partial charge on any atom is -0.367 e. The van der Waals surface area contributed by atoms with Crippen LogP contribution in [0.25, 0.3) is 0 Å². The van der Waals surface area contributed by atoms with E-state index in [2.05, 4.69) is 16.0 Å². The van der Waals surface area contributed by atoms with Gasteiger partial charge in [-0.05, 0) is 41.5 Å². The SMILES string of the molecule is COC(C)NC(C)OC.COC(C)NC(C)OC.COC(C)NC(C)OC.O=P(O)(O)O. The molecule has 0 fully saturated rings. The molecule has 0 spiro atoms. The zero-order valence-corrected chi connectivity index (χ0v) is 22.5. The minimum atomic E-state index is -4.64. The Kier molecular flexibility index (Phi) is 30.9. The highest BCUT2D eigenvalue weighted by atomic mass is 31.2.